The number of H-pyrrole nitrogens is 1. The number of primary amides is 1. The average Bonchev–Trinajstić information content (AvgIpc) is 3.14. The molecule has 1 saturated carbocycles. The molecule has 2 fully saturated rings. The molecule has 1 aliphatic heterocycles. The van der Waals surface area contributed by atoms with Crippen LogP contribution in [-0.2, 0) is 20.8 Å². The van der Waals surface area contributed by atoms with E-state index in [0.717, 1.165) is 24.9 Å². The van der Waals surface area contributed by atoms with E-state index in [1.54, 1.807) is 12.1 Å². The van der Waals surface area contributed by atoms with Gasteiger partial charge in [-0.2, -0.15) is 18.4 Å². The first kappa shape index (κ1) is 34.2. The van der Waals surface area contributed by atoms with Crippen LogP contribution in [0, 0.1) is 46.8 Å². The average molecular weight is 540 g/mol. The Hall–Kier alpha value is -3.80. The Morgan fingerprint density at radius 3 is 2.16 bits per heavy atom. The monoisotopic (exact) mass is 539 g/mol. The van der Waals surface area contributed by atoms with Crippen LogP contribution in [-0.4, -0.2) is 53.4 Å². The number of rotatable bonds is 5. The van der Waals surface area contributed by atoms with Gasteiger partial charge in [-0.05, 0) is 28.7 Å². The number of amides is 3. The van der Waals surface area contributed by atoms with Gasteiger partial charge in [0.15, 0.2) is 0 Å². The van der Waals surface area contributed by atoms with Crippen LogP contribution < -0.4 is 16.6 Å². The highest BCUT2D eigenvalue weighted by Crippen LogP contribution is 2.62. The molecule has 12 heteroatoms. The number of alkyl halides is 3. The van der Waals surface area contributed by atoms with Gasteiger partial charge in [0, 0.05) is 37.7 Å². The van der Waals surface area contributed by atoms with E-state index >= 15 is 0 Å². The number of halogens is 3. The van der Waals surface area contributed by atoms with Gasteiger partial charge >= 0.3 is 12.1 Å². The summed E-state index contributed by atoms with van der Waals surface area (Å²) in [4.78, 5) is 46.9. The standard InChI is InChI=1S/C13H23NO.C9H9N3O2.C2H2F3NO.C2H2/c1-12(2,3)6-11(15)14-7-9-10(8-14)13(9,4)5;10-5-8(12-6-13)4-7-2-1-3-11-9(7)14;3-2(4,5)1(6)7;1-2/h9-10H,6-8H2,1-5H3;1-3,6,8H,4H2,(H,11,14)(H,12,13);(H2,6,7);1-2H/t9-,10?;;;/m0.../s1. The number of carbonyl (C=O) groups excluding carboxylic acids is 3. The Morgan fingerprint density at radius 2 is 1.79 bits per heavy atom. The van der Waals surface area contributed by atoms with Gasteiger partial charge in [0.05, 0.1) is 6.07 Å². The van der Waals surface area contributed by atoms with Crippen molar-refractivity contribution in [3.05, 3.63) is 34.2 Å². The second kappa shape index (κ2) is 14.2. The molecule has 2 heterocycles. The van der Waals surface area contributed by atoms with Gasteiger partial charge < -0.3 is 20.9 Å². The summed E-state index contributed by atoms with van der Waals surface area (Å²) in [6.07, 6.45) is 6.00. The van der Waals surface area contributed by atoms with Crippen molar-refractivity contribution < 1.29 is 27.6 Å². The number of aromatic amines is 1. The highest BCUT2D eigenvalue weighted by atomic mass is 19.4. The van der Waals surface area contributed by atoms with Crippen LogP contribution >= 0.6 is 0 Å². The van der Waals surface area contributed by atoms with Gasteiger partial charge in [0.1, 0.15) is 6.04 Å². The lowest BCUT2D eigenvalue weighted by Gasteiger charge is -2.26. The molecule has 210 valence electrons. The van der Waals surface area contributed by atoms with Crippen LogP contribution in [0.2, 0.25) is 0 Å². The molecule has 3 rings (SSSR count). The summed E-state index contributed by atoms with van der Waals surface area (Å²) in [5.74, 6) is -0.346. The van der Waals surface area contributed by atoms with Crippen LogP contribution in [0.3, 0.4) is 0 Å². The SMILES string of the molecule is C#C.CC(C)(C)CC(=O)N1CC2[C@H](C1)C2(C)C.N#CC(Cc1ccc[nH]c1=O)NC=O.NC(=O)C(F)(F)F. The molecular formula is C26H36F3N5O4. The van der Waals surface area contributed by atoms with Crippen molar-refractivity contribution in [2.24, 2.45) is 28.4 Å². The number of fused-ring (bicyclic) bond motifs is 1. The van der Waals surface area contributed by atoms with E-state index in [-0.39, 0.29) is 17.4 Å². The summed E-state index contributed by atoms with van der Waals surface area (Å²) >= 11 is 0. The highest BCUT2D eigenvalue weighted by molar-refractivity contribution is 5.79. The second-order valence-corrected chi connectivity index (χ2v) is 10.6. The predicted octanol–water partition coefficient (Wildman–Crippen LogP) is 2.38. The summed E-state index contributed by atoms with van der Waals surface area (Å²) in [5, 5.41) is 10.9. The number of piperidine rings is 1. The Morgan fingerprint density at radius 1 is 1.29 bits per heavy atom. The zero-order valence-electron chi connectivity index (χ0n) is 22.3. The normalized spacial score (nSPS) is 19.2. The van der Waals surface area contributed by atoms with Crippen LogP contribution in [0.15, 0.2) is 23.1 Å². The third-order valence-electron chi connectivity index (χ3n) is 6.18. The van der Waals surface area contributed by atoms with E-state index < -0.39 is 18.1 Å². The van der Waals surface area contributed by atoms with Crippen LogP contribution in [0.5, 0.6) is 0 Å². The second-order valence-electron chi connectivity index (χ2n) is 10.6. The Balaban J connectivity index is 0.000000555. The summed E-state index contributed by atoms with van der Waals surface area (Å²) in [7, 11) is 0. The summed E-state index contributed by atoms with van der Waals surface area (Å²) in [6.45, 7) is 13.1. The lowest BCUT2D eigenvalue weighted by molar-refractivity contribution is -0.169. The van der Waals surface area contributed by atoms with Gasteiger partial charge in [-0.15, -0.1) is 12.8 Å². The minimum absolute atomic E-state index is 0.124. The maximum absolute atomic E-state index is 12.0. The number of nitrogens with two attached hydrogens (primary N) is 1. The van der Waals surface area contributed by atoms with Gasteiger partial charge in [0.25, 0.3) is 5.56 Å². The molecule has 3 amide bonds. The number of nitrogens with zero attached hydrogens (tertiary/aromatic N) is 2. The Labute approximate surface area is 221 Å². The van der Waals surface area contributed by atoms with Gasteiger partial charge in [-0.25, -0.2) is 0 Å². The molecule has 0 aromatic carbocycles. The zero-order chi connectivity index (χ0) is 29.9. The fourth-order valence-corrected chi connectivity index (χ4v) is 3.96. The molecule has 0 spiro atoms. The van der Waals surface area contributed by atoms with Crippen molar-refractivity contribution in [2.45, 2.75) is 59.7 Å². The van der Waals surface area contributed by atoms with E-state index in [1.165, 1.54) is 6.20 Å². The molecule has 2 unspecified atom stereocenters. The number of terminal acetylenes is 1. The van der Waals surface area contributed by atoms with Crippen molar-refractivity contribution >= 4 is 18.2 Å². The van der Waals surface area contributed by atoms with Crippen LogP contribution in [0.4, 0.5) is 13.2 Å². The quantitative estimate of drug-likeness (QED) is 0.388. The minimum atomic E-state index is -4.86. The van der Waals surface area contributed by atoms with Gasteiger partial charge in [-0.3, -0.25) is 19.2 Å². The number of aromatic nitrogens is 1. The Bertz CT molecular complexity index is 1050. The molecule has 4 N–H and O–H groups in total. The largest absolute Gasteiger partial charge is 0.470 e. The van der Waals surface area contributed by atoms with Crippen molar-refractivity contribution in [2.75, 3.05) is 13.1 Å². The van der Waals surface area contributed by atoms with Crippen molar-refractivity contribution in [1.82, 2.24) is 15.2 Å². The third-order valence-corrected chi connectivity index (χ3v) is 6.18. The van der Waals surface area contributed by atoms with Gasteiger partial charge in [-0.1, -0.05) is 40.7 Å². The molecule has 0 radical (unpaired) electrons. The predicted molar refractivity (Wildman–Crippen MR) is 136 cm³/mol. The molecule has 1 aromatic heterocycles. The molecular weight excluding hydrogens is 503 g/mol. The fraction of sp³-hybridized carbons (Fsp3) is 0.577. The fourth-order valence-electron chi connectivity index (χ4n) is 3.96. The highest BCUT2D eigenvalue weighted by Gasteiger charge is 2.62. The van der Waals surface area contributed by atoms with Crippen LogP contribution in [0.1, 0.15) is 46.6 Å². The first-order valence-electron chi connectivity index (χ1n) is 11.7. The number of nitriles is 1. The van der Waals surface area contributed by atoms with Crippen molar-refractivity contribution in [1.29, 1.82) is 5.26 Å². The molecule has 9 nitrogen and oxygen atoms in total. The summed E-state index contributed by atoms with van der Waals surface area (Å²) in [6, 6.07) is 4.52. The molecule has 1 saturated heterocycles. The number of carbonyl (C=O) groups is 3. The van der Waals surface area contributed by atoms with Crippen molar-refractivity contribution in [3.8, 4) is 18.9 Å². The van der Waals surface area contributed by atoms with E-state index in [9.17, 15) is 27.6 Å². The molecule has 3 atom stereocenters. The number of nitrogens with one attached hydrogen (secondary N) is 2. The van der Waals surface area contributed by atoms with E-state index in [2.05, 4.69) is 68.4 Å². The maximum Gasteiger partial charge on any atom is 0.470 e. The Kier molecular flexibility index (Phi) is 12.8. The first-order valence-corrected chi connectivity index (χ1v) is 11.7. The lowest BCUT2D eigenvalue weighted by atomic mass is 9.91. The molecule has 2 aliphatic rings. The summed E-state index contributed by atoms with van der Waals surface area (Å²) in [5.41, 5.74) is 4.69. The third kappa shape index (κ3) is 11.1. The number of hydrogen-bond donors (Lipinski definition) is 3. The van der Waals surface area contributed by atoms with Crippen molar-refractivity contribution in [3.63, 3.8) is 0 Å². The molecule has 0 bridgehead atoms. The zero-order valence-corrected chi connectivity index (χ0v) is 22.3. The number of likely N-dealkylation sites (tertiary alicyclic amines) is 1. The topological polar surface area (TPSA) is 149 Å². The summed E-state index contributed by atoms with van der Waals surface area (Å²) < 4.78 is 32.1. The first-order chi connectivity index (χ1) is 17.4. The molecule has 1 aromatic rings. The minimum Gasteiger partial charge on any atom is -0.362 e. The molecule has 1 aliphatic carbocycles. The molecule has 38 heavy (non-hydrogen) atoms. The van der Waals surface area contributed by atoms with Crippen LogP contribution in [0.25, 0.3) is 0 Å². The maximum atomic E-state index is 12.0. The number of pyridine rings is 1. The van der Waals surface area contributed by atoms with E-state index in [0.29, 0.717) is 29.7 Å². The van der Waals surface area contributed by atoms with E-state index in [1.807, 2.05) is 6.07 Å². The lowest BCUT2D eigenvalue weighted by Crippen LogP contribution is -2.35. The van der Waals surface area contributed by atoms with E-state index in [4.69, 9.17) is 10.1 Å². The smallest absolute Gasteiger partial charge is 0.362 e. The number of hydrogen-bond acceptors (Lipinski definition) is 5. The van der Waals surface area contributed by atoms with Gasteiger partial charge in [0.2, 0.25) is 12.3 Å².